The van der Waals surface area contributed by atoms with Crippen molar-refractivity contribution in [2.45, 2.75) is 13.8 Å². The first kappa shape index (κ1) is 21.2. The van der Waals surface area contributed by atoms with Gasteiger partial charge in [0.2, 0.25) is 0 Å². The second kappa shape index (κ2) is 16.6. The topological polar surface area (TPSA) is 33.2 Å². The summed E-state index contributed by atoms with van der Waals surface area (Å²) in [6.07, 6.45) is 0. The van der Waals surface area contributed by atoms with Crippen LogP contribution in [0.1, 0.15) is 13.8 Å². The van der Waals surface area contributed by atoms with Crippen LogP contribution < -0.4 is 10.6 Å². The molecular formula is C16H24Br2N2Pb+2. The van der Waals surface area contributed by atoms with Crippen molar-refractivity contribution in [2.75, 3.05) is 13.1 Å². The van der Waals surface area contributed by atoms with Crippen LogP contribution >= 0.6 is 24.0 Å². The van der Waals surface area contributed by atoms with Crippen molar-refractivity contribution in [3.63, 3.8) is 0 Å². The number of nitrogens with two attached hydrogens (primary N) is 2. The Kier molecular flexibility index (Phi) is 16.8. The summed E-state index contributed by atoms with van der Waals surface area (Å²) in [7, 11) is 0. The second-order valence-corrected chi connectivity index (χ2v) is 21.0. The Morgan fingerprint density at radius 3 is 1.24 bits per heavy atom. The average Bonchev–Trinajstić information content (AvgIpc) is 2.52. The Morgan fingerprint density at radius 1 is 0.714 bits per heavy atom. The number of halogens is 2. The van der Waals surface area contributed by atoms with Gasteiger partial charge in [-0.2, -0.15) is 0 Å². The zero-order valence-electron chi connectivity index (χ0n) is 12.6. The normalized spacial score (nSPS) is 8.95. The molecule has 114 valence electrons. The van der Waals surface area contributed by atoms with E-state index in [4.69, 9.17) is 0 Å². The molecule has 0 fully saturated rings. The molecule has 0 aliphatic heterocycles. The van der Waals surface area contributed by atoms with Gasteiger partial charge in [-0.3, -0.25) is 0 Å². The zero-order chi connectivity index (χ0) is 15.8. The molecule has 2 radical (unpaired) electrons. The summed E-state index contributed by atoms with van der Waals surface area (Å²) in [4.78, 5) is 0. The minimum absolute atomic E-state index is 0.292. The van der Waals surface area contributed by atoms with E-state index in [-0.39, 0.29) is 19.4 Å². The predicted molar refractivity (Wildman–Crippen MR) is 101 cm³/mol. The van der Waals surface area contributed by atoms with Crippen LogP contribution in [0, 0.1) is 0 Å². The molecule has 0 unspecified atom stereocenters. The van der Waals surface area contributed by atoms with Crippen molar-refractivity contribution >= 4 is 54.8 Å². The van der Waals surface area contributed by atoms with E-state index in [0.717, 1.165) is 13.1 Å². The molecule has 4 N–H and O–H groups in total. The molecule has 0 bridgehead atoms. The van der Waals surface area contributed by atoms with E-state index < -0.39 is 0 Å². The molecule has 0 heterocycles. The van der Waals surface area contributed by atoms with Crippen molar-refractivity contribution in [3.8, 4) is 0 Å². The Hall–Kier alpha value is 0.242. The third-order valence-corrected chi connectivity index (χ3v) is 2.48. The summed E-state index contributed by atoms with van der Waals surface area (Å²) in [5.74, 6) is 0. The molecule has 0 spiro atoms. The third kappa shape index (κ3) is 13.6. The molecule has 0 amide bonds. The van der Waals surface area contributed by atoms with Crippen LogP contribution in [0.4, 0.5) is 11.4 Å². The number of hydrogen-bond acceptors (Lipinski definition) is 0. The van der Waals surface area contributed by atoms with Crippen LogP contribution in [0.5, 0.6) is 0 Å². The minimum atomic E-state index is -0.292. The molecule has 2 rings (SSSR count). The standard InChI is InChI=1S/2C8H11N.2BrH.Pb/c2*1-2-9-8-6-4-3-5-7-8;;;/h2*3-7,9H,2H2,1H3;2*1H;/q;;;;+2. The van der Waals surface area contributed by atoms with Gasteiger partial charge in [0.25, 0.3) is 0 Å². The summed E-state index contributed by atoms with van der Waals surface area (Å²) in [6, 6.07) is 20.8. The van der Waals surface area contributed by atoms with E-state index in [2.05, 4.69) is 97.0 Å². The van der Waals surface area contributed by atoms with E-state index in [1.807, 2.05) is 12.1 Å². The first-order valence-electron chi connectivity index (χ1n) is 7.01. The van der Waals surface area contributed by atoms with E-state index in [9.17, 15) is 0 Å². The summed E-state index contributed by atoms with van der Waals surface area (Å²) in [5.41, 5.74) is 2.64. The number of rotatable bonds is 4. The van der Waals surface area contributed by atoms with Crippen molar-refractivity contribution in [1.29, 1.82) is 0 Å². The van der Waals surface area contributed by atoms with E-state index in [0.29, 0.717) is 0 Å². The van der Waals surface area contributed by atoms with Gasteiger partial charge in [0.1, 0.15) is 11.4 Å². The molecule has 21 heavy (non-hydrogen) atoms. The van der Waals surface area contributed by atoms with Crippen LogP contribution in [0.3, 0.4) is 0 Å². The van der Waals surface area contributed by atoms with Gasteiger partial charge in [-0.15, -0.1) is 0 Å². The SMILES string of the molecule is CC[NH2+]c1ccccc1.CC[NH2+]c1ccccc1.[Br][Pb][Br]. The Morgan fingerprint density at radius 2 is 1.00 bits per heavy atom. The van der Waals surface area contributed by atoms with Gasteiger partial charge in [0, 0.05) is 0 Å². The van der Waals surface area contributed by atoms with E-state index >= 15 is 0 Å². The zero-order valence-corrected chi connectivity index (χ0v) is 19.7. The van der Waals surface area contributed by atoms with Crippen molar-refractivity contribution < 1.29 is 10.6 Å². The molecule has 0 saturated carbocycles. The van der Waals surface area contributed by atoms with Crippen molar-refractivity contribution in [3.05, 3.63) is 60.7 Å². The van der Waals surface area contributed by atoms with Crippen LogP contribution in [-0.2, 0) is 0 Å². The molecular weight excluding hydrogens is 587 g/mol. The molecule has 0 atom stereocenters. The molecule has 0 saturated heterocycles. The second-order valence-electron chi connectivity index (χ2n) is 4.12. The van der Waals surface area contributed by atoms with Gasteiger partial charge in [-0.25, -0.2) is 0 Å². The van der Waals surface area contributed by atoms with Crippen LogP contribution in [0.25, 0.3) is 0 Å². The quantitative estimate of drug-likeness (QED) is 0.394. The molecule has 5 heteroatoms. The van der Waals surface area contributed by atoms with E-state index in [1.54, 1.807) is 0 Å². The monoisotopic (exact) mass is 610 g/mol. The summed E-state index contributed by atoms with van der Waals surface area (Å²) in [6.45, 7) is 6.52. The summed E-state index contributed by atoms with van der Waals surface area (Å²) >= 11 is 6.22. The maximum absolute atomic E-state index is 3.26. The number of benzene rings is 2. The van der Waals surface area contributed by atoms with Crippen LogP contribution in [0.15, 0.2) is 60.7 Å². The summed E-state index contributed by atoms with van der Waals surface area (Å²) < 4.78 is 0. The number of para-hydroxylation sites is 2. The van der Waals surface area contributed by atoms with E-state index in [1.165, 1.54) is 11.4 Å². The Balaban J connectivity index is 0.000000322. The predicted octanol–water partition coefficient (Wildman–Crippen LogP) is 3.11. The summed E-state index contributed by atoms with van der Waals surface area (Å²) in [5, 5.41) is 4.42. The van der Waals surface area contributed by atoms with Crippen LogP contribution in [-0.4, -0.2) is 32.5 Å². The fourth-order valence-corrected chi connectivity index (χ4v) is 1.65. The first-order valence-corrected chi connectivity index (χ1v) is 23.9. The van der Waals surface area contributed by atoms with Gasteiger partial charge in [-0.05, 0) is 38.1 Å². The molecule has 2 aromatic carbocycles. The van der Waals surface area contributed by atoms with Gasteiger partial charge in [0.05, 0.1) is 13.1 Å². The van der Waals surface area contributed by atoms with Gasteiger partial charge in [0.15, 0.2) is 0 Å². The fourth-order valence-electron chi connectivity index (χ4n) is 1.65. The third-order valence-electron chi connectivity index (χ3n) is 2.48. The fraction of sp³-hybridized carbons (Fsp3) is 0.250. The van der Waals surface area contributed by atoms with Gasteiger partial charge < -0.3 is 10.6 Å². The number of hydrogen-bond donors (Lipinski definition) is 2. The molecule has 0 aromatic heterocycles. The average molecular weight is 611 g/mol. The first-order chi connectivity index (χ1) is 10.3. The molecule has 2 aromatic rings. The Labute approximate surface area is 151 Å². The van der Waals surface area contributed by atoms with Gasteiger partial charge in [-0.1, -0.05) is 36.4 Å². The maximum atomic E-state index is 3.26. The molecule has 2 nitrogen and oxygen atoms in total. The van der Waals surface area contributed by atoms with Crippen molar-refractivity contribution in [2.24, 2.45) is 0 Å². The van der Waals surface area contributed by atoms with Crippen LogP contribution in [0.2, 0.25) is 0 Å². The van der Waals surface area contributed by atoms with Gasteiger partial charge >= 0.3 is 43.4 Å². The van der Waals surface area contributed by atoms with Crippen molar-refractivity contribution in [1.82, 2.24) is 0 Å². The molecule has 0 aliphatic carbocycles. The Bertz CT molecular complexity index is 385. The molecule has 0 aliphatic rings. The number of quaternary nitrogens is 2.